The summed E-state index contributed by atoms with van der Waals surface area (Å²) in [5.74, 6) is -0.542. The number of aromatic nitrogens is 1. The summed E-state index contributed by atoms with van der Waals surface area (Å²) in [6.45, 7) is 2.07. The van der Waals surface area contributed by atoms with Crippen molar-refractivity contribution < 1.29 is 14.6 Å². The molecule has 1 heterocycles. The molecule has 0 fully saturated rings. The van der Waals surface area contributed by atoms with Gasteiger partial charge in [-0.1, -0.05) is 37.6 Å². The van der Waals surface area contributed by atoms with E-state index in [1.807, 2.05) is 24.3 Å². The van der Waals surface area contributed by atoms with Crippen LogP contribution >= 0.6 is 0 Å². The highest BCUT2D eigenvalue weighted by molar-refractivity contribution is 6.03. The molecule has 0 atom stereocenters. The number of anilines is 1. The smallest absolute Gasteiger partial charge is 0.295 e. The SMILES string of the molecule is CCCCc1ccc(NC(=O)c2cccn(OCc3cccc([N+](=O)[O-])c3)c2=O)cc1. The van der Waals surface area contributed by atoms with Crippen LogP contribution < -0.4 is 15.7 Å². The van der Waals surface area contributed by atoms with Crippen molar-refractivity contribution in [2.45, 2.75) is 32.8 Å². The van der Waals surface area contributed by atoms with Crippen molar-refractivity contribution in [2.24, 2.45) is 0 Å². The van der Waals surface area contributed by atoms with Crippen molar-refractivity contribution >= 4 is 17.3 Å². The molecule has 0 radical (unpaired) electrons. The summed E-state index contributed by atoms with van der Waals surface area (Å²) >= 11 is 0. The molecule has 1 N–H and O–H groups in total. The van der Waals surface area contributed by atoms with E-state index in [0.717, 1.165) is 24.0 Å². The lowest BCUT2D eigenvalue weighted by atomic mass is 10.1. The van der Waals surface area contributed by atoms with Crippen molar-refractivity contribution in [3.63, 3.8) is 0 Å². The van der Waals surface area contributed by atoms with Gasteiger partial charge in [0.2, 0.25) is 0 Å². The van der Waals surface area contributed by atoms with E-state index in [9.17, 15) is 19.7 Å². The van der Waals surface area contributed by atoms with Crippen LogP contribution in [0.5, 0.6) is 0 Å². The van der Waals surface area contributed by atoms with Gasteiger partial charge in [-0.05, 0) is 48.2 Å². The number of carbonyl (C=O) groups is 1. The molecule has 0 spiro atoms. The molecule has 8 heteroatoms. The summed E-state index contributed by atoms with van der Waals surface area (Å²) in [5.41, 5.74) is 1.55. The third-order valence-corrected chi connectivity index (χ3v) is 4.68. The van der Waals surface area contributed by atoms with E-state index in [1.165, 1.54) is 42.1 Å². The van der Waals surface area contributed by atoms with E-state index >= 15 is 0 Å². The second-order valence-electron chi connectivity index (χ2n) is 7.01. The number of hydrogen-bond acceptors (Lipinski definition) is 5. The first-order valence-electron chi connectivity index (χ1n) is 9.96. The second-order valence-corrected chi connectivity index (χ2v) is 7.01. The highest BCUT2D eigenvalue weighted by Crippen LogP contribution is 2.14. The van der Waals surface area contributed by atoms with Gasteiger partial charge < -0.3 is 10.2 Å². The minimum Gasteiger partial charge on any atom is -0.406 e. The number of aryl methyl sites for hydroxylation is 1. The molecule has 0 aliphatic heterocycles. The van der Waals surface area contributed by atoms with E-state index in [4.69, 9.17) is 4.84 Å². The number of nitro groups is 1. The maximum Gasteiger partial charge on any atom is 0.295 e. The Labute approximate surface area is 179 Å². The molecule has 0 aliphatic rings. The molecular weight excluding hydrogens is 398 g/mol. The molecule has 3 rings (SSSR count). The van der Waals surface area contributed by atoms with Crippen LogP contribution in [0.15, 0.2) is 71.7 Å². The van der Waals surface area contributed by atoms with Gasteiger partial charge in [0.1, 0.15) is 12.2 Å². The molecule has 2 aromatic carbocycles. The number of amides is 1. The summed E-state index contributed by atoms with van der Waals surface area (Å²) in [5, 5.41) is 13.6. The van der Waals surface area contributed by atoms with Crippen LogP contribution in [0.25, 0.3) is 0 Å². The molecule has 0 aliphatic carbocycles. The highest BCUT2D eigenvalue weighted by Gasteiger charge is 2.14. The fourth-order valence-electron chi connectivity index (χ4n) is 2.99. The fourth-order valence-corrected chi connectivity index (χ4v) is 2.99. The van der Waals surface area contributed by atoms with Crippen molar-refractivity contribution in [3.8, 4) is 0 Å². The lowest BCUT2D eigenvalue weighted by Crippen LogP contribution is -2.32. The standard InChI is InChI=1S/C23H23N3O5/c1-2-3-6-17-10-12-19(13-11-17)24-22(27)21-9-5-14-25(23(21)28)31-16-18-7-4-8-20(15-18)26(29)30/h4-5,7-15H,2-3,6,16H2,1H3,(H,24,27). The molecule has 31 heavy (non-hydrogen) atoms. The zero-order chi connectivity index (χ0) is 22.2. The van der Waals surface area contributed by atoms with E-state index in [0.29, 0.717) is 11.3 Å². The van der Waals surface area contributed by atoms with E-state index in [2.05, 4.69) is 12.2 Å². The van der Waals surface area contributed by atoms with Crippen LogP contribution in [0.1, 0.15) is 41.3 Å². The van der Waals surface area contributed by atoms with Crippen molar-refractivity contribution in [3.05, 3.63) is 104 Å². The maximum atomic E-state index is 12.6. The van der Waals surface area contributed by atoms with E-state index in [-0.39, 0.29) is 17.9 Å². The van der Waals surface area contributed by atoms with Gasteiger partial charge in [-0.15, -0.1) is 0 Å². The molecule has 160 valence electrons. The van der Waals surface area contributed by atoms with Crippen molar-refractivity contribution in [2.75, 3.05) is 5.32 Å². The minimum atomic E-state index is -0.620. The Morgan fingerprint density at radius 3 is 2.58 bits per heavy atom. The first-order chi connectivity index (χ1) is 15.0. The van der Waals surface area contributed by atoms with Crippen LogP contribution in [0.3, 0.4) is 0 Å². The minimum absolute atomic E-state index is 0.0636. The Balaban J connectivity index is 1.68. The van der Waals surface area contributed by atoms with Gasteiger partial charge in [0.05, 0.1) is 4.92 Å². The highest BCUT2D eigenvalue weighted by atomic mass is 16.7. The van der Waals surface area contributed by atoms with Gasteiger partial charge in [-0.25, -0.2) is 0 Å². The second kappa shape index (κ2) is 10.2. The number of hydrogen-bond donors (Lipinski definition) is 1. The first-order valence-corrected chi connectivity index (χ1v) is 9.96. The zero-order valence-corrected chi connectivity index (χ0v) is 17.1. The summed E-state index contributed by atoms with van der Waals surface area (Å²) in [6.07, 6.45) is 4.59. The molecule has 3 aromatic rings. The predicted octanol–water partition coefficient (Wildman–Crippen LogP) is 3.98. The van der Waals surface area contributed by atoms with Gasteiger partial charge in [-0.3, -0.25) is 19.7 Å². The number of nitrogens with one attached hydrogen (secondary N) is 1. The Morgan fingerprint density at radius 2 is 1.87 bits per heavy atom. The third kappa shape index (κ3) is 5.79. The molecule has 0 saturated heterocycles. The van der Waals surface area contributed by atoms with Crippen LogP contribution in [0.4, 0.5) is 11.4 Å². The van der Waals surface area contributed by atoms with Gasteiger partial charge in [0.15, 0.2) is 0 Å². The zero-order valence-electron chi connectivity index (χ0n) is 17.1. The number of rotatable bonds is 9. The van der Waals surface area contributed by atoms with Crippen LogP contribution in [-0.2, 0) is 13.0 Å². The summed E-state index contributed by atoms with van der Waals surface area (Å²) < 4.78 is 0.946. The number of nitrogens with zero attached hydrogens (tertiary/aromatic N) is 2. The Hall–Kier alpha value is -3.94. The molecule has 0 bridgehead atoms. The Morgan fingerprint density at radius 1 is 1.10 bits per heavy atom. The molecule has 0 saturated carbocycles. The summed E-state index contributed by atoms with van der Waals surface area (Å²) in [4.78, 5) is 41.1. The number of carbonyl (C=O) groups excluding carboxylic acids is 1. The molecule has 1 amide bonds. The summed E-state index contributed by atoms with van der Waals surface area (Å²) in [7, 11) is 0. The lowest BCUT2D eigenvalue weighted by Gasteiger charge is -2.10. The monoisotopic (exact) mass is 421 g/mol. The van der Waals surface area contributed by atoms with Crippen molar-refractivity contribution in [1.29, 1.82) is 0 Å². The van der Waals surface area contributed by atoms with Gasteiger partial charge in [-0.2, -0.15) is 4.73 Å². The number of nitro benzene ring substituents is 1. The predicted molar refractivity (Wildman–Crippen MR) is 117 cm³/mol. The third-order valence-electron chi connectivity index (χ3n) is 4.68. The van der Waals surface area contributed by atoms with E-state index in [1.54, 1.807) is 6.07 Å². The van der Waals surface area contributed by atoms with Gasteiger partial charge in [0, 0.05) is 24.0 Å². The Kier molecular flexibility index (Phi) is 7.16. The van der Waals surface area contributed by atoms with Crippen LogP contribution in [0, 0.1) is 10.1 Å². The van der Waals surface area contributed by atoms with E-state index < -0.39 is 16.4 Å². The molecule has 0 unspecified atom stereocenters. The normalized spacial score (nSPS) is 10.5. The molecular formula is C23H23N3O5. The fraction of sp³-hybridized carbons (Fsp3) is 0.217. The van der Waals surface area contributed by atoms with Crippen molar-refractivity contribution in [1.82, 2.24) is 4.73 Å². The topological polar surface area (TPSA) is 103 Å². The van der Waals surface area contributed by atoms with Crippen LogP contribution in [0.2, 0.25) is 0 Å². The number of non-ortho nitro benzene ring substituents is 1. The molecule has 1 aromatic heterocycles. The largest absolute Gasteiger partial charge is 0.406 e. The Bertz CT molecular complexity index is 1120. The quantitative estimate of drug-likeness (QED) is 0.416. The van der Waals surface area contributed by atoms with Crippen LogP contribution in [-0.4, -0.2) is 15.6 Å². The lowest BCUT2D eigenvalue weighted by molar-refractivity contribution is -0.384. The van der Waals surface area contributed by atoms with Gasteiger partial charge in [0.25, 0.3) is 17.2 Å². The average Bonchev–Trinajstić information content (AvgIpc) is 2.78. The maximum absolute atomic E-state index is 12.6. The number of pyridine rings is 1. The van der Waals surface area contributed by atoms with Gasteiger partial charge >= 0.3 is 0 Å². The average molecular weight is 421 g/mol. The molecule has 8 nitrogen and oxygen atoms in total. The number of unbranched alkanes of at least 4 members (excludes halogenated alkanes) is 1. The summed E-state index contributed by atoms with van der Waals surface area (Å²) in [6, 6.07) is 16.4. The number of benzene rings is 2. The first kappa shape index (κ1) is 21.8.